The summed E-state index contributed by atoms with van der Waals surface area (Å²) in [6.07, 6.45) is 2.16. The van der Waals surface area contributed by atoms with Gasteiger partial charge >= 0.3 is 0 Å². The number of benzene rings is 2. The summed E-state index contributed by atoms with van der Waals surface area (Å²) in [4.78, 5) is 17.6. The minimum atomic E-state index is -3.52. The van der Waals surface area contributed by atoms with Crippen molar-refractivity contribution in [3.05, 3.63) is 53.7 Å². The van der Waals surface area contributed by atoms with E-state index < -0.39 is 15.3 Å². The van der Waals surface area contributed by atoms with Crippen LogP contribution < -0.4 is 0 Å². The van der Waals surface area contributed by atoms with Crippen LogP contribution >= 0.6 is 0 Å². The summed E-state index contributed by atoms with van der Waals surface area (Å²) >= 11 is 0. The largest absolute Gasteiger partial charge is 0.299 e. The molecule has 0 N–H and O–H groups in total. The summed E-state index contributed by atoms with van der Waals surface area (Å²) in [5, 5.41) is 2.92. The molecule has 2 atom stereocenters. The lowest BCUT2D eigenvalue weighted by Gasteiger charge is -2.36. The van der Waals surface area contributed by atoms with Gasteiger partial charge in [0.15, 0.2) is 9.84 Å². The van der Waals surface area contributed by atoms with Gasteiger partial charge in [0.05, 0.1) is 22.7 Å². The van der Waals surface area contributed by atoms with E-state index in [1.807, 2.05) is 37.3 Å². The van der Waals surface area contributed by atoms with Crippen molar-refractivity contribution in [1.82, 2.24) is 4.98 Å². The Kier molecular flexibility index (Phi) is 4.17. The number of rotatable bonds is 4. The van der Waals surface area contributed by atoms with Gasteiger partial charge in [0.2, 0.25) is 0 Å². The average Bonchev–Trinajstić information content (AvgIpc) is 3.01. The van der Waals surface area contributed by atoms with Gasteiger partial charge in [0.1, 0.15) is 5.78 Å². The Morgan fingerprint density at radius 3 is 2.47 bits per heavy atom. The standard InChI is InChI=1S/C25H27NO3S/c1-16-8-9-20-18-6-4-5-7-19(18)22(26-21(20)12-16)14-30(28,29)15-25-11-10-17(13-23(25)27)24(25,2)3/h4-9,12,17H,10-11,13-15H2,1-3H3/t17-,25-/m1/s1. The molecule has 2 fully saturated rings. The normalized spacial score (nSPS) is 25.4. The maximum atomic E-state index is 13.4. The molecule has 3 aromatic rings. The Balaban J connectivity index is 1.59. The van der Waals surface area contributed by atoms with E-state index in [9.17, 15) is 13.2 Å². The van der Waals surface area contributed by atoms with E-state index in [0.29, 0.717) is 24.5 Å². The molecule has 2 aliphatic carbocycles. The van der Waals surface area contributed by atoms with Crippen LogP contribution in [-0.4, -0.2) is 24.9 Å². The van der Waals surface area contributed by atoms with Crippen molar-refractivity contribution in [3.8, 4) is 0 Å². The Hall–Kier alpha value is -2.27. The summed E-state index contributed by atoms with van der Waals surface area (Å²) in [5.74, 6) is 0.249. The lowest BCUT2D eigenvalue weighted by atomic mass is 9.70. The predicted molar refractivity (Wildman–Crippen MR) is 120 cm³/mol. The molecule has 4 nitrogen and oxygen atoms in total. The van der Waals surface area contributed by atoms with Crippen molar-refractivity contribution in [2.45, 2.75) is 45.8 Å². The summed E-state index contributed by atoms with van der Waals surface area (Å²) < 4.78 is 26.9. The number of fused-ring (bicyclic) bond motifs is 5. The molecule has 0 saturated heterocycles. The van der Waals surface area contributed by atoms with Crippen LogP contribution in [0, 0.1) is 23.7 Å². The van der Waals surface area contributed by atoms with Gasteiger partial charge in [-0.15, -0.1) is 0 Å². The van der Waals surface area contributed by atoms with Crippen LogP contribution in [0.1, 0.15) is 44.4 Å². The maximum absolute atomic E-state index is 13.4. The summed E-state index contributed by atoms with van der Waals surface area (Å²) in [5.41, 5.74) is 1.49. The molecule has 0 unspecified atom stereocenters. The van der Waals surface area contributed by atoms with Gasteiger partial charge in [-0.3, -0.25) is 9.78 Å². The number of pyridine rings is 1. The molecular formula is C25H27NO3S. The summed E-state index contributed by atoms with van der Waals surface area (Å²) in [6, 6.07) is 14.0. The highest BCUT2D eigenvalue weighted by atomic mass is 32.2. The van der Waals surface area contributed by atoms with Gasteiger partial charge in [-0.25, -0.2) is 8.42 Å². The molecule has 0 amide bonds. The van der Waals surface area contributed by atoms with Crippen molar-refractivity contribution >= 4 is 37.3 Å². The number of aryl methyl sites for hydroxylation is 1. The SMILES string of the molecule is Cc1ccc2c(c1)nc(CS(=O)(=O)C[C@]13CC[C@H](CC1=O)C3(C)C)c1ccccc12. The summed E-state index contributed by atoms with van der Waals surface area (Å²) in [7, 11) is -3.52. The Morgan fingerprint density at radius 2 is 1.80 bits per heavy atom. The zero-order valence-corrected chi connectivity index (χ0v) is 18.6. The minimum Gasteiger partial charge on any atom is -0.299 e. The third-order valence-electron chi connectivity index (χ3n) is 7.90. The molecule has 2 aliphatic rings. The lowest BCUT2D eigenvalue weighted by Crippen LogP contribution is -2.42. The quantitative estimate of drug-likeness (QED) is 0.556. The average molecular weight is 422 g/mol. The fraction of sp³-hybridized carbons (Fsp3) is 0.440. The molecule has 5 heteroatoms. The molecule has 5 rings (SSSR count). The molecule has 2 saturated carbocycles. The van der Waals surface area contributed by atoms with Gasteiger partial charge in [-0.2, -0.15) is 0 Å². The van der Waals surface area contributed by atoms with Gasteiger partial charge in [0, 0.05) is 22.6 Å². The molecule has 2 bridgehead atoms. The zero-order chi connectivity index (χ0) is 21.3. The van der Waals surface area contributed by atoms with Gasteiger partial charge in [0.25, 0.3) is 0 Å². The van der Waals surface area contributed by atoms with E-state index in [-0.39, 0.29) is 22.7 Å². The van der Waals surface area contributed by atoms with Crippen LogP contribution in [0.3, 0.4) is 0 Å². The highest BCUT2D eigenvalue weighted by Crippen LogP contribution is 2.64. The number of sulfone groups is 1. The Morgan fingerprint density at radius 1 is 1.07 bits per heavy atom. The van der Waals surface area contributed by atoms with Crippen LogP contribution in [-0.2, 0) is 20.4 Å². The minimum absolute atomic E-state index is 0.0653. The Bertz CT molecular complexity index is 1310. The monoisotopic (exact) mass is 421 g/mol. The highest BCUT2D eigenvalue weighted by Gasteiger charge is 2.65. The van der Waals surface area contributed by atoms with Crippen LogP contribution in [0.25, 0.3) is 21.7 Å². The fourth-order valence-corrected chi connectivity index (χ4v) is 8.16. The van der Waals surface area contributed by atoms with Crippen LogP contribution in [0.15, 0.2) is 42.5 Å². The van der Waals surface area contributed by atoms with Crippen LogP contribution in [0.5, 0.6) is 0 Å². The molecule has 30 heavy (non-hydrogen) atoms. The summed E-state index contributed by atoms with van der Waals surface area (Å²) in [6.45, 7) is 6.17. The smallest absolute Gasteiger partial charge is 0.157 e. The molecule has 0 aliphatic heterocycles. The van der Waals surface area contributed by atoms with E-state index in [1.54, 1.807) is 0 Å². The van der Waals surface area contributed by atoms with Crippen molar-refractivity contribution in [1.29, 1.82) is 0 Å². The van der Waals surface area contributed by atoms with Crippen LogP contribution in [0.2, 0.25) is 0 Å². The zero-order valence-electron chi connectivity index (χ0n) is 17.7. The number of hydrogen-bond donors (Lipinski definition) is 0. The fourth-order valence-electron chi connectivity index (χ4n) is 5.99. The lowest BCUT2D eigenvalue weighted by molar-refractivity contribution is -0.128. The molecular weight excluding hydrogens is 394 g/mol. The number of carbonyl (C=O) groups is 1. The van der Waals surface area contributed by atoms with E-state index in [4.69, 9.17) is 4.98 Å². The number of hydrogen-bond acceptors (Lipinski definition) is 4. The van der Waals surface area contributed by atoms with E-state index in [0.717, 1.165) is 33.7 Å². The third-order valence-corrected chi connectivity index (χ3v) is 9.54. The van der Waals surface area contributed by atoms with Crippen LogP contribution in [0.4, 0.5) is 0 Å². The molecule has 1 aromatic heterocycles. The molecule has 1 heterocycles. The number of nitrogens with zero attached hydrogens (tertiary/aromatic N) is 1. The van der Waals surface area contributed by atoms with E-state index in [1.165, 1.54) is 0 Å². The molecule has 2 aromatic carbocycles. The molecule has 0 spiro atoms. The first-order valence-electron chi connectivity index (χ1n) is 10.6. The first-order chi connectivity index (χ1) is 14.1. The second-order valence-electron chi connectivity index (χ2n) is 9.82. The first kappa shape index (κ1) is 19.7. The second kappa shape index (κ2) is 6.36. The van der Waals surface area contributed by atoms with Crippen molar-refractivity contribution in [2.75, 3.05) is 5.75 Å². The second-order valence-corrected chi connectivity index (χ2v) is 11.9. The van der Waals surface area contributed by atoms with Gasteiger partial charge < -0.3 is 0 Å². The van der Waals surface area contributed by atoms with Gasteiger partial charge in [-0.05, 0) is 48.1 Å². The first-order valence-corrected chi connectivity index (χ1v) is 12.5. The number of ketones is 1. The Labute approximate surface area is 177 Å². The topological polar surface area (TPSA) is 64.1 Å². The predicted octanol–water partition coefficient (Wildman–Crippen LogP) is 5.01. The number of aromatic nitrogens is 1. The third kappa shape index (κ3) is 2.74. The van der Waals surface area contributed by atoms with Crippen molar-refractivity contribution < 1.29 is 13.2 Å². The highest BCUT2D eigenvalue weighted by molar-refractivity contribution is 7.90. The van der Waals surface area contributed by atoms with Crippen molar-refractivity contribution in [2.24, 2.45) is 16.7 Å². The molecule has 0 radical (unpaired) electrons. The van der Waals surface area contributed by atoms with Gasteiger partial charge in [-0.1, -0.05) is 50.2 Å². The maximum Gasteiger partial charge on any atom is 0.157 e. The molecule has 156 valence electrons. The van der Waals surface area contributed by atoms with Crippen molar-refractivity contribution in [3.63, 3.8) is 0 Å². The number of carbonyl (C=O) groups excluding carboxylic acids is 1. The van der Waals surface area contributed by atoms with E-state index in [2.05, 4.69) is 26.0 Å². The van der Waals surface area contributed by atoms with E-state index >= 15 is 0 Å². The number of Topliss-reactive ketones (excluding diaryl/α,β-unsaturated/α-hetero) is 1.